The maximum atomic E-state index is 11.6. The Labute approximate surface area is 194 Å². The van der Waals surface area contributed by atoms with Crippen molar-refractivity contribution >= 4 is 5.97 Å². The molecule has 2 aliphatic rings. The van der Waals surface area contributed by atoms with Crippen LogP contribution in [-0.4, -0.2) is 46.3 Å². The van der Waals surface area contributed by atoms with Gasteiger partial charge in [0.05, 0.1) is 20.1 Å². The summed E-state index contributed by atoms with van der Waals surface area (Å²) in [5.41, 5.74) is 2.65. The van der Waals surface area contributed by atoms with E-state index in [4.69, 9.17) is 23.7 Å². The van der Waals surface area contributed by atoms with Crippen molar-refractivity contribution in [2.24, 2.45) is 17.8 Å². The van der Waals surface area contributed by atoms with Crippen LogP contribution in [0.2, 0.25) is 0 Å². The molecule has 6 heteroatoms. The number of hydrogen-bond donors (Lipinski definition) is 0. The van der Waals surface area contributed by atoms with E-state index in [1.165, 1.54) is 11.1 Å². The first-order valence-electron chi connectivity index (χ1n) is 11.7. The van der Waals surface area contributed by atoms with Gasteiger partial charge in [0.25, 0.3) is 0 Å². The lowest BCUT2D eigenvalue weighted by Gasteiger charge is -2.44. The summed E-state index contributed by atoms with van der Waals surface area (Å²) >= 11 is 0. The van der Waals surface area contributed by atoms with Gasteiger partial charge in [-0.15, -0.1) is 0 Å². The highest BCUT2D eigenvalue weighted by Gasteiger charge is 2.51. The Morgan fingerprint density at radius 2 is 1.75 bits per heavy atom. The topological polar surface area (TPSA) is 63.2 Å². The first kappa shape index (κ1) is 26.5. The molecule has 0 aromatic carbocycles. The molecule has 6 nitrogen and oxygen atoms in total. The van der Waals surface area contributed by atoms with Crippen LogP contribution in [0, 0.1) is 17.8 Å². The third kappa shape index (κ3) is 5.96. The van der Waals surface area contributed by atoms with Crippen LogP contribution in [0.4, 0.5) is 0 Å². The predicted octanol–water partition coefficient (Wildman–Crippen LogP) is 5.54. The number of cyclic esters (lactones) is 1. The molecular weight excluding hydrogens is 408 g/mol. The van der Waals surface area contributed by atoms with E-state index in [0.717, 1.165) is 44.3 Å². The van der Waals surface area contributed by atoms with Gasteiger partial charge in [0.2, 0.25) is 5.79 Å². The van der Waals surface area contributed by atoms with Crippen molar-refractivity contribution in [1.82, 2.24) is 0 Å². The van der Waals surface area contributed by atoms with Gasteiger partial charge in [0.1, 0.15) is 11.9 Å². The maximum absolute atomic E-state index is 11.6. The average molecular weight is 451 g/mol. The molecule has 0 spiro atoms. The molecular formula is C26H42O6. The summed E-state index contributed by atoms with van der Waals surface area (Å²) in [5.74, 6) is 0.857. The van der Waals surface area contributed by atoms with Crippen molar-refractivity contribution in [3.63, 3.8) is 0 Å². The van der Waals surface area contributed by atoms with Gasteiger partial charge in [-0.1, -0.05) is 37.1 Å². The van der Waals surface area contributed by atoms with Gasteiger partial charge in [-0.05, 0) is 45.4 Å². The quantitative estimate of drug-likeness (QED) is 0.234. The Hall–Kier alpha value is -1.79. The highest BCUT2D eigenvalue weighted by atomic mass is 16.7. The SMILES string of the molecule is COC1=C(OC)C(OC)(OC)C(C)C(C/C=C(\C)CC/C=C(\C)CC2CC(C)C(=O)O2)C1. The van der Waals surface area contributed by atoms with E-state index in [1.807, 2.05) is 6.92 Å². The Kier molecular flexibility index (Phi) is 9.83. The van der Waals surface area contributed by atoms with Gasteiger partial charge in [0, 0.05) is 33.0 Å². The third-order valence-corrected chi connectivity index (χ3v) is 7.03. The number of methoxy groups -OCH3 is 4. The molecule has 32 heavy (non-hydrogen) atoms. The molecule has 182 valence electrons. The van der Waals surface area contributed by atoms with Crippen molar-refractivity contribution in [2.45, 2.75) is 78.1 Å². The Bertz CT molecular complexity index is 731. The number of allylic oxidation sites excluding steroid dienone is 4. The number of hydrogen-bond acceptors (Lipinski definition) is 6. The van der Waals surface area contributed by atoms with Crippen molar-refractivity contribution in [3.8, 4) is 0 Å². The summed E-state index contributed by atoms with van der Waals surface area (Å²) in [4.78, 5) is 11.6. The molecule has 0 bridgehead atoms. The zero-order valence-electron chi connectivity index (χ0n) is 21.2. The van der Waals surface area contributed by atoms with Crippen molar-refractivity contribution in [3.05, 3.63) is 34.8 Å². The summed E-state index contributed by atoms with van der Waals surface area (Å²) in [6, 6.07) is 0. The first-order valence-corrected chi connectivity index (χ1v) is 11.7. The van der Waals surface area contributed by atoms with Gasteiger partial charge in [0.15, 0.2) is 5.76 Å². The molecule has 0 N–H and O–H groups in total. The molecule has 0 radical (unpaired) electrons. The van der Waals surface area contributed by atoms with Crippen LogP contribution in [0.15, 0.2) is 34.8 Å². The van der Waals surface area contributed by atoms with Crippen molar-refractivity contribution < 1.29 is 28.5 Å². The minimum absolute atomic E-state index is 0.0311. The smallest absolute Gasteiger partial charge is 0.309 e. The molecule has 4 atom stereocenters. The zero-order valence-corrected chi connectivity index (χ0v) is 21.2. The van der Waals surface area contributed by atoms with Crippen LogP contribution < -0.4 is 0 Å². The molecule has 0 aromatic heterocycles. The zero-order chi connectivity index (χ0) is 23.9. The Morgan fingerprint density at radius 3 is 2.28 bits per heavy atom. The third-order valence-electron chi connectivity index (χ3n) is 7.03. The molecule has 1 aliphatic heterocycles. The second-order valence-electron chi connectivity index (χ2n) is 9.26. The van der Waals surface area contributed by atoms with E-state index in [-0.39, 0.29) is 23.9 Å². The summed E-state index contributed by atoms with van der Waals surface area (Å²) in [7, 11) is 6.60. The molecule has 1 heterocycles. The van der Waals surface area contributed by atoms with E-state index in [0.29, 0.717) is 11.7 Å². The summed E-state index contributed by atoms with van der Waals surface area (Å²) in [6.07, 6.45) is 10.0. The molecule has 4 unspecified atom stereocenters. The Morgan fingerprint density at radius 1 is 1.06 bits per heavy atom. The number of esters is 1. The highest BCUT2D eigenvalue weighted by molar-refractivity contribution is 5.74. The minimum Gasteiger partial charge on any atom is -0.497 e. The van der Waals surface area contributed by atoms with Gasteiger partial charge < -0.3 is 23.7 Å². The normalized spacial score (nSPS) is 28.7. The van der Waals surface area contributed by atoms with Crippen LogP contribution >= 0.6 is 0 Å². The number of carbonyl (C=O) groups is 1. The van der Waals surface area contributed by atoms with Crippen molar-refractivity contribution in [2.75, 3.05) is 28.4 Å². The molecule has 0 saturated carbocycles. The fraction of sp³-hybridized carbons (Fsp3) is 0.731. The van der Waals surface area contributed by atoms with Gasteiger partial charge in [-0.2, -0.15) is 0 Å². The first-order chi connectivity index (χ1) is 15.2. The number of ether oxygens (including phenoxy) is 5. The molecule has 1 aliphatic carbocycles. The van der Waals surface area contributed by atoms with E-state index < -0.39 is 5.79 Å². The standard InChI is InChI=1S/C26H42O6/c1-17(10-9-11-18(2)14-22-15-19(3)25(27)32-22)12-13-21-16-23(28-5)24(29-6)26(30-7,31-8)20(21)4/h11-12,19-22H,9-10,13-16H2,1-8H3/b17-12+,18-11+. The number of rotatable bonds is 11. The summed E-state index contributed by atoms with van der Waals surface area (Å²) < 4.78 is 28.3. The van der Waals surface area contributed by atoms with Gasteiger partial charge >= 0.3 is 5.97 Å². The molecule has 2 rings (SSSR count). The van der Waals surface area contributed by atoms with Gasteiger partial charge in [-0.3, -0.25) is 4.79 Å². The summed E-state index contributed by atoms with van der Waals surface area (Å²) in [5, 5.41) is 0. The fourth-order valence-corrected chi connectivity index (χ4v) is 4.97. The van der Waals surface area contributed by atoms with E-state index in [2.05, 4.69) is 32.9 Å². The predicted molar refractivity (Wildman–Crippen MR) is 125 cm³/mol. The molecule has 1 saturated heterocycles. The molecule has 0 amide bonds. The van der Waals surface area contributed by atoms with E-state index in [9.17, 15) is 4.79 Å². The lowest BCUT2D eigenvalue weighted by Crippen LogP contribution is -2.49. The maximum Gasteiger partial charge on any atom is 0.309 e. The second kappa shape index (κ2) is 11.9. The van der Waals surface area contributed by atoms with Crippen LogP contribution in [0.5, 0.6) is 0 Å². The highest BCUT2D eigenvalue weighted by Crippen LogP contribution is 2.46. The van der Waals surface area contributed by atoms with E-state index in [1.54, 1.807) is 28.4 Å². The number of carbonyl (C=O) groups excluding carboxylic acids is 1. The lowest BCUT2D eigenvalue weighted by atomic mass is 9.75. The fourth-order valence-electron chi connectivity index (χ4n) is 4.97. The largest absolute Gasteiger partial charge is 0.497 e. The molecule has 0 aromatic rings. The minimum atomic E-state index is -0.939. The average Bonchev–Trinajstić information content (AvgIpc) is 3.08. The van der Waals surface area contributed by atoms with Crippen LogP contribution in [-0.2, 0) is 28.5 Å². The second-order valence-corrected chi connectivity index (χ2v) is 9.26. The van der Waals surface area contributed by atoms with Crippen LogP contribution in [0.1, 0.15) is 66.2 Å². The Balaban J connectivity index is 1.94. The monoisotopic (exact) mass is 450 g/mol. The van der Waals surface area contributed by atoms with E-state index >= 15 is 0 Å². The van der Waals surface area contributed by atoms with Crippen LogP contribution in [0.25, 0.3) is 0 Å². The van der Waals surface area contributed by atoms with Crippen molar-refractivity contribution in [1.29, 1.82) is 0 Å². The van der Waals surface area contributed by atoms with Crippen LogP contribution in [0.3, 0.4) is 0 Å². The molecule has 1 fully saturated rings. The summed E-state index contributed by atoms with van der Waals surface area (Å²) in [6.45, 7) is 8.40. The van der Waals surface area contributed by atoms with Gasteiger partial charge in [-0.25, -0.2) is 0 Å². The lowest BCUT2D eigenvalue weighted by molar-refractivity contribution is -0.247.